The van der Waals surface area contributed by atoms with Crippen LogP contribution in [0.2, 0.25) is 0 Å². The van der Waals surface area contributed by atoms with E-state index in [0.717, 1.165) is 56.9 Å². The molecule has 2 bridgehead atoms. The molecule has 0 aromatic heterocycles. The molecule has 4 fully saturated rings. The Hall–Kier alpha value is -1.58. The van der Waals surface area contributed by atoms with Crippen molar-refractivity contribution in [2.75, 3.05) is 0 Å². The number of carboxylic acid groups (broad SMARTS) is 1. The molecular formula is C25H36O4. The van der Waals surface area contributed by atoms with E-state index >= 15 is 0 Å². The number of hydrogen-bond donors (Lipinski definition) is 1. The van der Waals surface area contributed by atoms with Gasteiger partial charge in [0.1, 0.15) is 6.10 Å². The lowest BCUT2D eigenvalue weighted by Crippen LogP contribution is -2.60. The Morgan fingerprint density at radius 3 is 2.52 bits per heavy atom. The topological polar surface area (TPSA) is 63.6 Å². The first-order chi connectivity index (χ1) is 13.6. The Morgan fingerprint density at radius 2 is 1.86 bits per heavy atom. The van der Waals surface area contributed by atoms with Crippen molar-refractivity contribution >= 4 is 11.9 Å². The van der Waals surface area contributed by atoms with Gasteiger partial charge in [0.05, 0.1) is 5.41 Å². The SMILES string of the molecule is C=C1C2CC[C@H]3[C@]4(C)CCC[C@@](C)(C(=O)O)[C@H]4CC[C@]3(C2)[C@H]1OC(=O)/C(C)=C\C. The van der Waals surface area contributed by atoms with Crippen LogP contribution in [0.4, 0.5) is 0 Å². The molecule has 1 unspecified atom stereocenters. The van der Waals surface area contributed by atoms with Crippen molar-refractivity contribution in [3.8, 4) is 0 Å². The fourth-order valence-corrected chi connectivity index (χ4v) is 8.10. The fourth-order valence-electron chi connectivity index (χ4n) is 8.10. The zero-order valence-electron chi connectivity index (χ0n) is 18.4. The lowest BCUT2D eigenvalue weighted by atomic mass is 9.40. The zero-order valence-corrected chi connectivity index (χ0v) is 18.4. The molecular weight excluding hydrogens is 364 g/mol. The summed E-state index contributed by atoms with van der Waals surface area (Å²) in [6.45, 7) is 12.4. The first kappa shape index (κ1) is 20.7. The molecule has 4 nitrogen and oxygen atoms in total. The summed E-state index contributed by atoms with van der Waals surface area (Å²) in [4.78, 5) is 25.0. The van der Waals surface area contributed by atoms with Crippen molar-refractivity contribution in [1.82, 2.24) is 0 Å². The van der Waals surface area contributed by atoms with E-state index in [0.29, 0.717) is 17.4 Å². The van der Waals surface area contributed by atoms with Crippen LogP contribution in [0.15, 0.2) is 23.8 Å². The molecule has 7 atom stereocenters. The molecule has 0 saturated heterocycles. The van der Waals surface area contributed by atoms with Crippen LogP contribution >= 0.6 is 0 Å². The van der Waals surface area contributed by atoms with Crippen molar-refractivity contribution in [1.29, 1.82) is 0 Å². The lowest BCUT2D eigenvalue weighted by Gasteiger charge is -2.63. The number of carboxylic acids is 1. The first-order valence-corrected chi connectivity index (χ1v) is 11.4. The number of rotatable bonds is 3. The van der Waals surface area contributed by atoms with Gasteiger partial charge in [-0.3, -0.25) is 4.79 Å². The van der Waals surface area contributed by atoms with E-state index in [1.807, 2.05) is 13.8 Å². The van der Waals surface area contributed by atoms with Gasteiger partial charge >= 0.3 is 11.9 Å². The maximum Gasteiger partial charge on any atom is 0.333 e. The van der Waals surface area contributed by atoms with Gasteiger partial charge in [-0.25, -0.2) is 4.79 Å². The minimum absolute atomic E-state index is 0.0144. The van der Waals surface area contributed by atoms with Crippen molar-refractivity contribution in [2.45, 2.75) is 85.2 Å². The quantitative estimate of drug-likeness (QED) is 0.384. The van der Waals surface area contributed by atoms with Gasteiger partial charge in [0.15, 0.2) is 0 Å². The van der Waals surface area contributed by atoms with Crippen molar-refractivity contribution in [3.63, 3.8) is 0 Å². The van der Waals surface area contributed by atoms with Crippen molar-refractivity contribution in [3.05, 3.63) is 23.8 Å². The lowest BCUT2D eigenvalue weighted by molar-refractivity contribution is -0.195. The maximum atomic E-state index is 12.7. The highest BCUT2D eigenvalue weighted by atomic mass is 16.5. The van der Waals surface area contributed by atoms with Gasteiger partial charge in [-0.2, -0.15) is 0 Å². The summed E-state index contributed by atoms with van der Waals surface area (Å²) in [6, 6.07) is 0. The molecule has 4 rings (SSSR count). The number of aliphatic carboxylic acids is 1. The molecule has 29 heavy (non-hydrogen) atoms. The fraction of sp³-hybridized carbons (Fsp3) is 0.760. The van der Waals surface area contributed by atoms with E-state index < -0.39 is 11.4 Å². The van der Waals surface area contributed by atoms with Crippen LogP contribution in [0.3, 0.4) is 0 Å². The summed E-state index contributed by atoms with van der Waals surface area (Å²) in [5.74, 6) is 0.151. The zero-order chi connectivity index (χ0) is 21.2. The Balaban J connectivity index is 1.73. The minimum atomic E-state index is -0.644. The number of ether oxygens (including phenoxy) is 1. The smallest absolute Gasteiger partial charge is 0.333 e. The number of carbonyl (C=O) groups is 2. The van der Waals surface area contributed by atoms with Crippen LogP contribution in [-0.4, -0.2) is 23.1 Å². The number of fused-ring (bicyclic) bond motifs is 3. The predicted molar refractivity (Wildman–Crippen MR) is 112 cm³/mol. The van der Waals surface area contributed by atoms with E-state index in [9.17, 15) is 14.7 Å². The number of hydrogen-bond acceptors (Lipinski definition) is 3. The third kappa shape index (κ3) is 2.70. The largest absolute Gasteiger partial charge is 0.481 e. The van der Waals surface area contributed by atoms with Crippen molar-refractivity contribution < 1.29 is 19.4 Å². The number of carbonyl (C=O) groups excluding carboxylic acids is 1. The Morgan fingerprint density at radius 1 is 1.14 bits per heavy atom. The molecule has 160 valence electrons. The monoisotopic (exact) mass is 400 g/mol. The molecule has 0 aromatic rings. The van der Waals surface area contributed by atoms with E-state index in [2.05, 4.69) is 13.5 Å². The number of esters is 1. The molecule has 0 amide bonds. The van der Waals surface area contributed by atoms with Crippen LogP contribution in [0.1, 0.15) is 79.1 Å². The summed E-state index contributed by atoms with van der Waals surface area (Å²) in [7, 11) is 0. The molecule has 4 aliphatic carbocycles. The molecule has 0 heterocycles. The number of allylic oxidation sites excluding steroid dienone is 1. The van der Waals surface area contributed by atoms with E-state index in [4.69, 9.17) is 4.74 Å². The highest BCUT2D eigenvalue weighted by Gasteiger charge is 2.68. The van der Waals surface area contributed by atoms with E-state index in [1.165, 1.54) is 0 Å². The van der Waals surface area contributed by atoms with Crippen LogP contribution in [0.5, 0.6) is 0 Å². The van der Waals surface area contributed by atoms with Gasteiger partial charge in [0.2, 0.25) is 0 Å². The Kier molecular flexibility index (Phi) is 4.79. The summed E-state index contributed by atoms with van der Waals surface area (Å²) in [6.07, 6.45) is 9.50. The Labute approximate surface area is 174 Å². The minimum Gasteiger partial charge on any atom is -0.481 e. The third-order valence-electron chi connectivity index (χ3n) is 9.65. The van der Waals surface area contributed by atoms with Crippen LogP contribution in [0, 0.1) is 34.0 Å². The predicted octanol–water partition coefficient (Wildman–Crippen LogP) is 5.53. The van der Waals surface area contributed by atoms with Crippen LogP contribution in [-0.2, 0) is 14.3 Å². The maximum absolute atomic E-state index is 12.7. The van der Waals surface area contributed by atoms with E-state index in [-0.39, 0.29) is 28.8 Å². The Bertz CT molecular complexity index is 782. The molecule has 4 aliphatic rings. The molecule has 4 heteroatoms. The molecule has 4 saturated carbocycles. The standard InChI is InChI=1S/C25H36O4/c1-6-15(2)21(26)29-20-16(3)17-8-9-19-23(4)11-7-12-24(5,22(27)28)18(23)10-13-25(19,20)14-17/h6,17-20H,3,7-14H2,1-2,4-5H3,(H,27,28)/b15-6-/t17?,18-,19-,20-,23+,24+,25+/m0/s1. The second-order valence-electron chi connectivity index (χ2n) is 10.8. The molecule has 0 aliphatic heterocycles. The van der Waals surface area contributed by atoms with Crippen LogP contribution in [0.25, 0.3) is 0 Å². The normalized spacial score (nSPS) is 46.6. The second kappa shape index (κ2) is 6.72. The van der Waals surface area contributed by atoms with Crippen molar-refractivity contribution in [2.24, 2.45) is 34.0 Å². The highest BCUT2D eigenvalue weighted by Crippen LogP contribution is 2.72. The molecule has 1 spiro atoms. The van der Waals surface area contributed by atoms with Gasteiger partial charge in [-0.1, -0.05) is 26.0 Å². The second-order valence-corrected chi connectivity index (χ2v) is 10.8. The first-order valence-electron chi connectivity index (χ1n) is 11.4. The van der Waals surface area contributed by atoms with E-state index in [1.54, 1.807) is 13.0 Å². The van der Waals surface area contributed by atoms with Crippen LogP contribution < -0.4 is 0 Å². The summed E-state index contributed by atoms with van der Waals surface area (Å²) in [5, 5.41) is 10.1. The third-order valence-corrected chi connectivity index (χ3v) is 9.65. The average molecular weight is 401 g/mol. The summed E-state index contributed by atoms with van der Waals surface area (Å²) >= 11 is 0. The van der Waals surface area contributed by atoms with Gasteiger partial charge < -0.3 is 9.84 Å². The van der Waals surface area contributed by atoms with Gasteiger partial charge in [-0.15, -0.1) is 0 Å². The van der Waals surface area contributed by atoms with Gasteiger partial charge in [-0.05, 0) is 94.5 Å². The molecule has 0 radical (unpaired) electrons. The average Bonchev–Trinajstić information content (AvgIpc) is 2.87. The summed E-state index contributed by atoms with van der Waals surface area (Å²) < 4.78 is 6.15. The molecule has 0 aromatic carbocycles. The molecule has 1 N–H and O–H groups in total. The van der Waals surface area contributed by atoms with Gasteiger partial charge in [0.25, 0.3) is 0 Å². The summed E-state index contributed by atoms with van der Waals surface area (Å²) in [5.41, 5.74) is 1.02. The van der Waals surface area contributed by atoms with Gasteiger partial charge in [0, 0.05) is 11.0 Å². The highest BCUT2D eigenvalue weighted by molar-refractivity contribution is 5.88.